The molecule has 1 saturated heterocycles. The maximum absolute atomic E-state index is 13.8. The van der Waals surface area contributed by atoms with Gasteiger partial charge in [0.15, 0.2) is 0 Å². The van der Waals surface area contributed by atoms with Crippen molar-refractivity contribution in [3.8, 4) is 0 Å². The molecule has 3 rings (SSSR count). The van der Waals surface area contributed by atoms with Gasteiger partial charge in [0.05, 0.1) is 17.4 Å². The van der Waals surface area contributed by atoms with E-state index in [4.69, 9.17) is 5.11 Å². The number of piperidine rings is 1. The number of sulfonamides is 1. The molecule has 1 aliphatic carbocycles. The third-order valence-corrected chi connectivity index (χ3v) is 6.17. The Morgan fingerprint density at radius 3 is 2.52 bits per heavy atom. The molecule has 23 heavy (non-hydrogen) atoms. The SMILES string of the molecule is O=C(O)C1CN(S(=O)(=O)c2ccccc2C2CC2)CC(F)(F)C1. The lowest BCUT2D eigenvalue weighted by Gasteiger charge is -2.35. The smallest absolute Gasteiger partial charge is 0.308 e. The topological polar surface area (TPSA) is 74.7 Å². The van der Waals surface area contributed by atoms with Gasteiger partial charge < -0.3 is 5.11 Å². The van der Waals surface area contributed by atoms with Gasteiger partial charge in [0, 0.05) is 13.0 Å². The molecule has 1 saturated carbocycles. The van der Waals surface area contributed by atoms with E-state index < -0.39 is 47.3 Å². The molecule has 0 aromatic heterocycles. The highest BCUT2D eigenvalue weighted by atomic mass is 32.2. The van der Waals surface area contributed by atoms with Gasteiger partial charge >= 0.3 is 5.97 Å². The first-order chi connectivity index (χ1) is 10.7. The first kappa shape index (κ1) is 16.3. The standard InChI is InChI=1S/C15H17F2NO4S/c16-15(17)7-11(14(19)20)8-18(9-15)23(21,22)13-4-2-1-3-12(13)10-5-6-10/h1-4,10-11H,5-9H2,(H,19,20). The maximum Gasteiger partial charge on any atom is 0.308 e. The van der Waals surface area contributed by atoms with Crippen molar-refractivity contribution in [2.24, 2.45) is 5.92 Å². The van der Waals surface area contributed by atoms with E-state index in [1.54, 1.807) is 18.2 Å². The number of halogens is 2. The van der Waals surface area contributed by atoms with Gasteiger partial charge in [-0.2, -0.15) is 4.31 Å². The molecular weight excluding hydrogens is 328 g/mol. The Balaban J connectivity index is 1.97. The zero-order valence-electron chi connectivity index (χ0n) is 12.3. The number of carbonyl (C=O) groups is 1. The van der Waals surface area contributed by atoms with Crippen LogP contribution in [0, 0.1) is 5.92 Å². The summed E-state index contributed by atoms with van der Waals surface area (Å²) in [5.41, 5.74) is 0.633. The van der Waals surface area contributed by atoms with Crippen molar-refractivity contribution in [1.29, 1.82) is 0 Å². The number of nitrogens with zero attached hydrogens (tertiary/aromatic N) is 1. The molecule has 1 aromatic rings. The summed E-state index contributed by atoms with van der Waals surface area (Å²) in [5, 5.41) is 9.02. The highest BCUT2D eigenvalue weighted by Crippen LogP contribution is 2.44. The van der Waals surface area contributed by atoms with Gasteiger partial charge in [-0.3, -0.25) is 4.79 Å². The van der Waals surface area contributed by atoms with E-state index in [1.165, 1.54) is 6.07 Å². The highest BCUT2D eigenvalue weighted by molar-refractivity contribution is 7.89. The molecule has 2 aliphatic rings. The summed E-state index contributed by atoms with van der Waals surface area (Å²) in [4.78, 5) is 11.1. The highest BCUT2D eigenvalue weighted by Gasteiger charge is 2.47. The van der Waals surface area contributed by atoms with Crippen LogP contribution in [0.4, 0.5) is 8.78 Å². The summed E-state index contributed by atoms with van der Waals surface area (Å²) in [7, 11) is -4.15. The summed E-state index contributed by atoms with van der Waals surface area (Å²) < 4.78 is 53.8. The molecule has 1 atom stereocenters. The average Bonchev–Trinajstić information content (AvgIpc) is 3.30. The minimum atomic E-state index is -4.15. The van der Waals surface area contributed by atoms with Crippen LogP contribution in [0.15, 0.2) is 29.2 Å². The Kier molecular flexibility index (Phi) is 3.92. The van der Waals surface area contributed by atoms with Gasteiger partial charge in [0.1, 0.15) is 0 Å². The van der Waals surface area contributed by atoms with E-state index in [9.17, 15) is 22.0 Å². The van der Waals surface area contributed by atoms with Crippen molar-refractivity contribution in [2.45, 2.75) is 36.0 Å². The van der Waals surface area contributed by atoms with Crippen LogP contribution in [0.3, 0.4) is 0 Å². The van der Waals surface area contributed by atoms with Crippen molar-refractivity contribution in [1.82, 2.24) is 4.31 Å². The van der Waals surface area contributed by atoms with Crippen LogP contribution in [0.25, 0.3) is 0 Å². The van der Waals surface area contributed by atoms with Crippen molar-refractivity contribution < 1.29 is 27.1 Å². The molecule has 1 unspecified atom stereocenters. The van der Waals surface area contributed by atoms with E-state index in [0.717, 1.165) is 12.8 Å². The first-order valence-corrected chi connectivity index (χ1v) is 8.84. The van der Waals surface area contributed by atoms with E-state index in [1.807, 2.05) is 0 Å². The summed E-state index contributed by atoms with van der Waals surface area (Å²) in [5.74, 6) is -6.01. The molecule has 1 aliphatic heterocycles. The van der Waals surface area contributed by atoms with Gasteiger partial charge in [0.25, 0.3) is 5.92 Å². The van der Waals surface area contributed by atoms with Crippen molar-refractivity contribution in [2.75, 3.05) is 13.1 Å². The lowest BCUT2D eigenvalue weighted by atomic mass is 9.97. The van der Waals surface area contributed by atoms with Crippen molar-refractivity contribution in [3.05, 3.63) is 29.8 Å². The van der Waals surface area contributed by atoms with Crippen LogP contribution < -0.4 is 0 Å². The molecule has 0 bridgehead atoms. The number of hydrogen-bond donors (Lipinski definition) is 1. The van der Waals surface area contributed by atoms with Crippen LogP contribution in [-0.2, 0) is 14.8 Å². The molecule has 0 amide bonds. The number of hydrogen-bond acceptors (Lipinski definition) is 3. The van der Waals surface area contributed by atoms with E-state index >= 15 is 0 Å². The predicted molar refractivity (Wildman–Crippen MR) is 77.9 cm³/mol. The van der Waals surface area contributed by atoms with Gasteiger partial charge in [-0.1, -0.05) is 18.2 Å². The Hall–Kier alpha value is -1.54. The van der Waals surface area contributed by atoms with E-state index in [-0.39, 0.29) is 10.8 Å². The molecule has 5 nitrogen and oxygen atoms in total. The zero-order chi connectivity index (χ0) is 16.8. The second kappa shape index (κ2) is 5.52. The number of aliphatic carboxylic acids is 1. The molecule has 2 fully saturated rings. The van der Waals surface area contributed by atoms with Crippen LogP contribution in [0.5, 0.6) is 0 Å². The molecule has 8 heteroatoms. The third kappa shape index (κ3) is 3.23. The van der Waals surface area contributed by atoms with E-state index in [0.29, 0.717) is 9.87 Å². The second-order valence-corrected chi connectivity index (χ2v) is 8.11. The van der Waals surface area contributed by atoms with Gasteiger partial charge in [-0.15, -0.1) is 0 Å². The second-order valence-electron chi connectivity index (χ2n) is 6.20. The van der Waals surface area contributed by atoms with Crippen molar-refractivity contribution >= 4 is 16.0 Å². The number of carboxylic acids is 1. The van der Waals surface area contributed by atoms with Gasteiger partial charge in [0.2, 0.25) is 10.0 Å². The lowest BCUT2D eigenvalue weighted by Crippen LogP contribution is -2.51. The number of alkyl halides is 2. The fourth-order valence-electron chi connectivity index (χ4n) is 2.99. The third-order valence-electron chi connectivity index (χ3n) is 4.28. The Morgan fingerprint density at radius 1 is 1.26 bits per heavy atom. The minimum Gasteiger partial charge on any atom is -0.481 e. The van der Waals surface area contributed by atoms with Gasteiger partial charge in [-0.05, 0) is 30.4 Å². The first-order valence-electron chi connectivity index (χ1n) is 7.40. The summed E-state index contributed by atoms with van der Waals surface area (Å²) >= 11 is 0. The Labute approximate surface area is 133 Å². The fraction of sp³-hybridized carbons (Fsp3) is 0.533. The van der Waals surface area contributed by atoms with Crippen molar-refractivity contribution in [3.63, 3.8) is 0 Å². The summed E-state index contributed by atoms with van der Waals surface area (Å²) in [6.45, 7) is -1.40. The fourth-order valence-corrected chi connectivity index (χ4v) is 4.79. The monoisotopic (exact) mass is 345 g/mol. The van der Waals surface area contributed by atoms with Crippen LogP contribution in [0.2, 0.25) is 0 Å². The quantitative estimate of drug-likeness (QED) is 0.909. The molecule has 1 N–H and O–H groups in total. The zero-order valence-corrected chi connectivity index (χ0v) is 13.1. The van der Waals surface area contributed by atoms with Crippen LogP contribution in [-0.4, -0.2) is 42.8 Å². The van der Waals surface area contributed by atoms with Crippen LogP contribution in [0.1, 0.15) is 30.7 Å². The normalized spacial score (nSPS) is 25.2. The molecule has 1 aromatic carbocycles. The molecule has 0 radical (unpaired) electrons. The largest absolute Gasteiger partial charge is 0.481 e. The Bertz CT molecular complexity index is 731. The van der Waals surface area contributed by atoms with Crippen LogP contribution >= 0.6 is 0 Å². The summed E-state index contributed by atoms with van der Waals surface area (Å²) in [6, 6.07) is 6.37. The molecule has 0 spiro atoms. The maximum atomic E-state index is 13.8. The average molecular weight is 345 g/mol. The molecule has 1 heterocycles. The Morgan fingerprint density at radius 2 is 1.91 bits per heavy atom. The number of carboxylic acid groups (broad SMARTS) is 1. The molecular formula is C15H17F2NO4S. The summed E-state index contributed by atoms with van der Waals surface area (Å²) in [6.07, 6.45) is 0.916. The molecule has 126 valence electrons. The lowest BCUT2D eigenvalue weighted by molar-refractivity contribution is -0.150. The van der Waals surface area contributed by atoms with E-state index in [2.05, 4.69) is 0 Å². The number of rotatable bonds is 4. The minimum absolute atomic E-state index is 0.0179. The van der Waals surface area contributed by atoms with Gasteiger partial charge in [-0.25, -0.2) is 17.2 Å². The predicted octanol–water partition coefficient (Wildman–Crippen LogP) is 2.29. The number of benzene rings is 1.